The van der Waals surface area contributed by atoms with E-state index in [9.17, 15) is 4.79 Å². The van der Waals surface area contributed by atoms with Gasteiger partial charge in [-0.3, -0.25) is 4.79 Å². The number of halogens is 2. The van der Waals surface area contributed by atoms with Crippen LogP contribution in [0.1, 0.15) is 19.3 Å². The third-order valence-electron chi connectivity index (χ3n) is 1.92. The Morgan fingerprint density at radius 3 is 2.53 bits per heavy atom. The zero-order valence-corrected chi connectivity index (χ0v) is 10.6. The van der Waals surface area contributed by atoms with Gasteiger partial charge in [-0.25, -0.2) is 0 Å². The molecule has 0 atom stereocenters. The first kappa shape index (κ1) is 12.5. The van der Waals surface area contributed by atoms with Crippen molar-refractivity contribution >= 4 is 39.1 Å². The molecule has 0 bridgehead atoms. The van der Waals surface area contributed by atoms with E-state index in [2.05, 4.69) is 21.2 Å². The number of amides is 1. The van der Waals surface area contributed by atoms with Crippen LogP contribution in [0.2, 0.25) is 5.02 Å². The average Bonchev–Trinajstić information content (AvgIpc) is 2.22. The van der Waals surface area contributed by atoms with Gasteiger partial charge in [-0.1, -0.05) is 27.5 Å². The molecule has 0 saturated heterocycles. The first-order valence-electron chi connectivity index (χ1n) is 4.84. The molecular formula is C11H13BrClNO. The highest BCUT2D eigenvalue weighted by Crippen LogP contribution is 2.13. The van der Waals surface area contributed by atoms with Crippen molar-refractivity contribution in [3.63, 3.8) is 0 Å². The van der Waals surface area contributed by atoms with Gasteiger partial charge in [-0.2, -0.15) is 0 Å². The molecule has 2 nitrogen and oxygen atoms in total. The third-order valence-corrected chi connectivity index (χ3v) is 2.73. The van der Waals surface area contributed by atoms with Gasteiger partial charge < -0.3 is 5.32 Å². The zero-order valence-electron chi connectivity index (χ0n) is 8.30. The number of rotatable bonds is 5. The highest BCUT2D eigenvalue weighted by atomic mass is 79.9. The molecule has 4 heteroatoms. The summed E-state index contributed by atoms with van der Waals surface area (Å²) in [5.41, 5.74) is 0.795. The molecule has 82 valence electrons. The quantitative estimate of drug-likeness (QED) is 0.648. The molecule has 0 aliphatic heterocycles. The summed E-state index contributed by atoms with van der Waals surface area (Å²) in [7, 11) is 0. The van der Waals surface area contributed by atoms with Gasteiger partial charge >= 0.3 is 0 Å². The van der Waals surface area contributed by atoms with Crippen molar-refractivity contribution in [2.24, 2.45) is 0 Å². The summed E-state index contributed by atoms with van der Waals surface area (Å²) in [5, 5.41) is 4.43. The van der Waals surface area contributed by atoms with E-state index < -0.39 is 0 Å². The molecule has 0 radical (unpaired) electrons. The van der Waals surface area contributed by atoms with Crippen molar-refractivity contribution in [3.05, 3.63) is 29.3 Å². The Labute approximate surface area is 103 Å². The molecular weight excluding hydrogens is 277 g/mol. The summed E-state index contributed by atoms with van der Waals surface area (Å²) in [5.74, 6) is 0.0540. The second kappa shape index (κ2) is 6.85. The van der Waals surface area contributed by atoms with E-state index in [0.717, 1.165) is 23.9 Å². The van der Waals surface area contributed by atoms with E-state index in [4.69, 9.17) is 11.6 Å². The van der Waals surface area contributed by atoms with Crippen LogP contribution in [0.25, 0.3) is 0 Å². The van der Waals surface area contributed by atoms with Gasteiger partial charge in [-0.15, -0.1) is 0 Å². The lowest BCUT2D eigenvalue weighted by atomic mass is 10.2. The monoisotopic (exact) mass is 289 g/mol. The van der Waals surface area contributed by atoms with Crippen LogP contribution in [0.5, 0.6) is 0 Å². The van der Waals surface area contributed by atoms with Crippen LogP contribution in [0.15, 0.2) is 24.3 Å². The van der Waals surface area contributed by atoms with E-state index in [0.29, 0.717) is 11.4 Å². The van der Waals surface area contributed by atoms with Gasteiger partial charge in [0.1, 0.15) is 0 Å². The number of benzene rings is 1. The van der Waals surface area contributed by atoms with Gasteiger partial charge in [-0.05, 0) is 37.1 Å². The van der Waals surface area contributed by atoms with E-state index >= 15 is 0 Å². The fourth-order valence-corrected chi connectivity index (χ4v) is 1.66. The lowest BCUT2D eigenvalue weighted by molar-refractivity contribution is -0.116. The van der Waals surface area contributed by atoms with E-state index in [1.54, 1.807) is 24.3 Å². The van der Waals surface area contributed by atoms with E-state index in [1.165, 1.54) is 0 Å². The number of nitrogens with one attached hydrogen (secondary N) is 1. The summed E-state index contributed by atoms with van der Waals surface area (Å²) in [6, 6.07) is 7.11. The van der Waals surface area contributed by atoms with Gasteiger partial charge in [0.05, 0.1) is 0 Å². The number of carbonyl (C=O) groups excluding carboxylic acids is 1. The summed E-state index contributed by atoms with van der Waals surface area (Å²) in [4.78, 5) is 11.4. The largest absolute Gasteiger partial charge is 0.326 e. The minimum Gasteiger partial charge on any atom is -0.326 e. The van der Waals surface area contributed by atoms with Crippen molar-refractivity contribution < 1.29 is 4.79 Å². The SMILES string of the molecule is O=C(CCCCBr)Nc1ccc(Cl)cc1. The van der Waals surface area contributed by atoms with Crippen LogP contribution < -0.4 is 5.32 Å². The van der Waals surface area contributed by atoms with Gasteiger partial charge in [0.25, 0.3) is 0 Å². The summed E-state index contributed by atoms with van der Waals surface area (Å²) < 4.78 is 0. The van der Waals surface area contributed by atoms with Crippen LogP contribution in [0, 0.1) is 0 Å². The Balaban J connectivity index is 2.34. The van der Waals surface area contributed by atoms with Gasteiger partial charge in [0, 0.05) is 22.5 Å². The number of unbranched alkanes of at least 4 members (excludes halogenated alkanes) is 1. The Morgan fingerprint density at radius 2 is 1.93 bits per heavy atom. The van der Waals surface area contributed by atoms with Crippen molar-refractivity contribution in [1.82, 2.24) is 0 Å². The number of anilines is 1. The number of carbonyl (C=O) groups is 1. The summed E-state index contributed by atoms with van der Waals surface area (Å²) in [6.07, 6.45) is 2.49. The van der Waals surface area contributed by atoms with Crippen molar-refractivity contribution in [2.45, 2.75) is 19.3 Å². The lowest BCUT2D eigenvalue weighted by Gasteiger charge is -2.04. The normalized spacial score (nSPS) is 10.0. The van der Waals surface area contributed by atoms with Crippen LogP contribution in [-0.2, 0) is 4.79 Å². The molecule has 0 spiro atoms. The molecule has 0 aromatic heterocycles. The predicted molar refractivity (Wildman–Crippen MR) is 67.7 cm³/mol. The molecule has 1 aromatic carbocycles. The van der Waals surface area contributed by atoms with Crippen LogP contribution in [0.4, 0.5) is 5.69 Å². The Kier molecular flexibility index (Phi) is 5.73. The van der Waals surface area contributed by atoms with Gasteiger partial charge in [0.2, 0.25) is 5.91 Å². The second-order valence-electron chi connectivity index (χ2n) is 3.20. The van der Waals surface area contributed by atoms with Crippen molar-refractivity contribution in [3.8, 4) is 0 Å². The number of hydrogen-bond donors (Lipinski definition) is 1. The fraction of sp³-hybridized carbons (Fsp3) is 0.364. The summed E-state index contributed by atoms with van der Waals surface area (Å²) >= 11 is 9.06. The predicted octanol–water partition coefficient (Wildman–Crippen LogP) is 3.84. The highest BCUT2D eigenvalue weighted by Gasteiger charge is 2.01. The lowest BCUT2D eigenvalue weighted by Crippen LogP contribution is -2.10. The molecule has 0 fully saturated rings. The number of alkyl halides is 1. The molecule has 0 heterocycles. The van der Waals surface area contributed by atoms with Gasteiger partial charge in [0.15, 0.2) is 0 Å². The minimum atomic E-state index is 0.0540. The maximum atomic E-state index is 11.4. The summed E-state index contributed by atoms with van der Waals surface area (Å²) in [6.45, 7) is 0. The Hall–Kier alpha value is -0.540. The molecule has 15 heavy (non-hydrogen) atoms. The average molecular weight is 291 g/mol. The second-order valence-corrected chi connectivity index (χ2v) is 4.43. The zero-order chi connectivity index (χ0) is 11.1. The topological polar surface area (TPSA) is 29.1 Å². The Morgan fingerprint density at radius 1 is 1.27 bits per heavy atom. The Bertz CT molecular complexity index is 313. The standard InChI is InChI=1S/C11H13BrClNO/c12-8-2-1-3-11(15)14-10-6-4-9(13)5-7-10/h4-7H,1-3,8H2,(H,14,15). The van der Waals surface area contributed by atoms with Crippen LogP contribution in [-0.4, -0.2) is 11.2 Å². The molecule has 1 N–H and O–H groups in total. The molecule has 1 amide bonds. The first-order chi connectivity index (χ1) is 7.22. The molecule has 1 aromatic rings. The maximum Gasteiger partial charge on any atom is 0.224 e. The molecule has 1 rings (SSSR count). The smallest absolute Gasteiger partial charge is 0.224 e. The van der Waals surface area contributed by atoms with Crippen LogP contribution >= 0.6 is 27.5 Å². The highest BCUT2D eigenvalue weighted by molar-refractivity contribution is 9.09. The third kappa shape index (κ3) is 5.19. The molecule has 0 unspecified atom stereocenters. The van der Waals surface area contributed by atoms with Crippen molar-refractivity contribution in [2.75, 3.05) is 10.6 Å². The van der Waals surface area contributed by atoms with Crippen molar-refractivity contribution in [1.29, 1.82) is 0 Å². The number of hydrogen-bond acceptors (Lipinski definition) is 1. The van der Waals surface area contributed by atoms with Crippen LogP contribution in [0.3, 0.4) is 0 Å². The van der Waals surface area contributed by atoms with E-state index in [-0.39, 0.29) is 5.91 Å². The molecule has 0 saturated carbocycles. The fourth-order valence-electron chi connectivity index (χ4n) is 1.14. The maximum absolute atomic E-state index is 11.4. The minimum absolute atomic E-state index is 0.0540. The first-order valence-corrected chi connectivity index (χ1v) is 6.33. The molecule has 0 aliphatic rings. The molecule has 0 aliphatic carbocycles. The van der Waals surface area contributed by atoms with E-state index in [1.807, 2.05) is 0 Å².